The summed E-state index contributed by atoms with van der Waals surface area (Å²) in [5.41, 5.74) is 1.92. The SMILES string of the molecule is O=C(OCc1csc(-c2ccccc2)n1)c1ccccc1NS(=O)(=O)c1cccs1. The Morgan fingerprint density at radius 1 is 0.967 bits per heavy atom. The number of ether oxygens (including phenoxy) is 1. The molecule has 2 aromatic heterocycles. The molecule has 6 nitrogen and oxygen atoms in total. The highest BCUT2D eigenvalue weighted by atomic mass is 32.2. The van der Waals surface area contributed by atoms with Gasteiger partial charge >= 0.3 is 5.97 Å². The minimum Gasteiger partial charge on any atom is -0.455 e. The maximum atomic E-state index is 12.6. The summed E-state index contributed by atoms with van der Waals surface area (Å²) < 4.78 is 33.0. The van der Waals surface area contributed by atoms with Gasteiger partial charge in [-0.3, -0.25) is 4.72 Å². The average Bonchev–Trinajstić information content (AvgIpc) is 3.45. The van der Waals surface area contributed by atoms with Crippen molar-refractivity contribution in [3.05, 3.63) is 88.7 Å². The Bertz CT molecular complexity index is 1250. The van der Waals surface area contributed by atoms with Crippen LogP contribution in [0.25, 0.3) is 10.6 Å². The van der Waals surface area contributed by atoms with Gasteiger partial charge in [0.2, 0.25) is 0 Å². The zero-order chi connectivity index (χ0) is 21.0. The molecule has 152 valence electrons. The highest BCUT2D eigenvalue weighted by Gasteiger charge is 2.20. The van der Waals surface area contributed by atoms with Crippen molar-refractivity contribution >= 4 is 44.4 Å². The van der Waals surface area contributed by atoms with Gasteiger partial charge in [-0.25, -0.2) is 18.2 Å². The summed E-state index contributed by atoms with van der Waals surface area (Å²) in [7, 11) is -3.77. The van der Waals surface area contributed by atoms with Crippen molar-refractivity contribution in [3.8, 4) is 10.6 Å². The molecule has 0 saturated heterocycles. The smallest absolute Gasteiger partial charge is 0.340 e. The first-order valence-electron chi connectivity index (χ1n) is 8.85. The van der Waals surface area contributed by atoms with Gasteiger partial charge in [-0.2, -0.15) is 0 Å². The topological polar surface area (TPSA) is 85.4 Å². The molecule has 0 aliphatic carbocycles. The number of para-hydroxylation sites is 1. The van der Waals surface area contributed by atoms with Crippen LogP contribution in [0.3, 0.4) is 0 Å². The lowest BCUT2D eigenvalue weighted by atomic mass is 10.2. The standard InChI is InChI=1S/C21H16N2O4S3/c24-21(27-13-16-14-29-20(22-16)15-7-2-1-3-8-15)17-9-4-5-10-18(17)23-30(25,26)19-11-6-12-28-19/h1-12,14,23H,13H2. The van der Waals surface area contributed by atoms with Crippen molar-refractivity contribution in [1.82, 2.24) is 4.98 Å². The highest BCUT2D eigenvalue weighted by Crippen LogP contribution is 2.25. The Labute approximate surface area is 181 Å². The van der Waals surface area contributed by atoms with E-state index in [4.69, 9.17) is 4.74 Å². The molecular formula is C21H16N2O4S3. The fraction of sp³-hybridized carbons (Fsp3) is 0.0476. The van der Waals surface area contributed by atoms with E-state index in [0.717, 1.165) is 21.9 Å². The third kappa shape index (κ3) is 4.59. The van der Waals surface area contributed by atoms with E-state index >= 15 is 0 Å². The Morgan fingerprint density at radius 2 is 1.73 bits per heavy atom. The van der Waals surface area contributed by atoms with Gasteiger partial charge in [0.25, 0.3) is 10.0 Å². The number of nitrogens with one attached hydrogen (secondary N) is 1. The molecule has 4 aromatic rings. The molecule has 0 amide bonds. The minimum atomic E-state index is -3.77. The summed E-state index contributed by atoms with van der Waals surface area (Å²) in [6, 6.07) is 19.2. The molecule has 2 aromatic carbocycles. The Hall–Kier alpha value is -3.01. The number of anilines is 1. The highest BCUT2D eigenvalue weighted by molar-refractivity contribution is 7.94. The van der Waals surface area contributed by atoms with Crippen LogP contribution >= 0.6 is 22.7 Å². The average molecular weight is 457 g/mol. The Kier molecular flexibility index (Phi) is 5.93. The molecule has 1 N–H and O–H groups in total. The maximum Gasteiger partial charge on any atom is 0.340 e. The zero-order valence-electron chi connectivity index (χ0n) is 15.5. The van der Waals surface area contributed by atoms with Crippen LogP contribution in [-0.4, -0.2) is 19.4 Å². The van der Waals surface area contributed by atoms with E-state index in [1.54, 1.807) is 23.6 Å². The fourth-order valence-electron chi connectivity index (χ4n) is 2.67. The largest absolute Gasteiger partial charge is 0.455 e. The number of rotatable bonds is 7. The molecule has 0 fully saturated rings. The van der Waals surface area contributed by atoms with Crippen LogP contribution in [-0.2, 0) is 21.4 Å². The molecule has 4 rings (SSSR count). The summed E-state index contributed by atoms with van der Waals surface area (Å²) in [5, 5.41) is 4.35. The second-order valence-corrected chi connectivity index (χ2v) is 9.88. The molecule has 0 aliphatic rings. The number of hydrogen-bond acceptors (Lipinski definition) is 7. The Morgan fingerprint density at radius 3 is 2.50 bits per heavy atom. The lowest BCUT2D eigenvalue weighted by molar-refractivity contribution is 0.0470. The van der Waals surface area contributed by atoms with Gasteiger partial charge in [0.15, 0.2) is 0 Å². The number of thiophene rings is 1. The monoisotopic (exact) mass is 456 g/mol. The van der Waals surface area contributed by atoms with E-state index in [9.17, 15) is 13.2 Å². The summed E-state index contributed by atoms with van der Waals surface area (Å²) >= 11 is 2.56. The first kappa shape index (κ1) is 20.3. The van der Waals surface area contributed by atoms with Crippen molar-refractivity contribution in [2.24, 2.45) is 0 Å². The Balaban J connectivity index is 1.46. The first-order chi connectivity index (χ1) is 14.5. The third-order valence-electron chi connectivity index (χ3n) is 4.07. The van der Waals surface area contributed by atoms with E-state index in [-0.39, 0.29) is 22.1 Å². The van der Waals surface area contributed by atoms with Crippen LogP contribution < -0.4 is 4.72 Å². The van der Waals surface area contributed by atoms with Crippen LogP contribution in [0.1, 0.15) is 16.1 Å². The van der Waals surface area contributed by atoms with Gasteiger partial charge in [0.05, 0.1) is 16.9 Å². The zero-order valence-corrected chi connectivity index (χ0v) is 18.0. The summed E-state index contributed by atoms with van der Waals surface area (Å²) in [6.07, 6.45) is 0. The normalized spacial score (nSPS) is 11.2. The van der Waals surface area contributed by atoms with Crippen LogP contribution in [0, 0.1) is 0 Å². The van der Waals surface area contributed by atoms with E-state index in [0.29, 0.717) is 5.69 Å². The lowest BCUT2D eigenvalue weighted by Gasteiger charge is -2.11. The first-order valence-corrected chi connectivity index (χ1v) is 12.1. The predicted molar refractivity (Wildman–Crippen MR) is 118 cm³/mol. The van der Waals surface area contributed by atoms with Gasteiger partial charge in [0.1, 0.15) is 15.8 Å². The van der Waals surface area contributed by atoms with Crippen molar-refractivity contribution in [2.75, 3.05) is 4.72 Å². The quantitative estimate of drug-likeness (QED) is 0.394. The number of thiazole rings is 1. The number of sulfonamides is 1. The predicted octanol–water partition coefficient (Wildman–Crippen LogP) is 5.03. The number of esters is 1. The molecule has 0 aliphatic heterocycles. The van der Waals surface area contributed by atoms with Crippen molar-refractivity contribution in [2.45, 2.75) is 10.8 Å². The molecule has 0 radical (unpaired) electrons. The van der Waals surface area contributed by atoms with Crippen LogP contribution in [0.2, 0.25) is 0 Å². The van der Waals surface area contributed by atoms with Crippen LogP contribution in [0.4, 0.5) is 5.69 Å². The van der Waals surface area contributed by atoms with Gasteiger partial charge in [-0.1, -0.05) is 48.5 Å². The molecule has 9 heteroatoms. The summed E-state index contributed by atoms with van der Waals surface area (Å²) in [6.45, 7) is -0.00578. The molecule has 0 bridgehead atoms. The van der Waals surface area contributed by atoms with E-state index in [1.807, 2.05) is 35.7 Å². The minimum absolute atomic E-state index is 0.00578. The van der Waals surface area contributed by atoms with E-state index in [1.165, 1.54) is 29.5 Å². The molecule has 0 spiro atoms. The number of carbonyl (C=O) groups is 1. The van der Waals surface area contributed by atoms with Gasteiger partial charge < -0.3 is 4.74 Å². The number of nitrogens with zero attached hydrogens (tertiary/aromatic N) is 1. The molecule has 0 atom stereocenters. The molecule has 0 unspecified atom stereocenters. The lowest BCUT2D eigenvalue weighted by Crippen LogP contribution is -2.15. The molecule has 2 heterocycles. The number of aromatic nitrogens is 1. The summed E-state index contributed by atoms with van der Waals surface area (Å²) in [4.78, 5) is 17.1. The maximum absolute atomic E-state index is 12.6. The number of benzene rings is 2. The molecular weight excluding hydrogens is 440 g/mol. The van der Waals surface area contributed by atoms with Gasteiger partial charge in [0, 0.05) is 10.9 Å². The van der Waals surface area contributed by atoms with E-state index in [2.05, 4.69) is 9.71 Å². The third-order valence-corrected chi connectivity index (χ3v) is 7.78. The van der Waals surface area contributed by atoms with Crippen molar-refractivity contribution < 1.29 is 17.9 Å². The fourth-order valence-corrected chi connectivity index (χ4v) is 5.55. The van der Waals surface area contributed by atoms with E-state index < -0.39 is 16.0 Å². The van der Waals surface area contributed by atoms with Gasteiger partial charge in [-0.05, 0) is 23.6 Å². The van der Waals surface area contributed by atoms with Crippen molar-refractivity contribution in [1.29, 1.82) is 0 Å². The number of carbonyl (C=O) groups excluding carboxylic acids is 1. The molecule has 30 heavy (non-hydrogen) atoms. The van der Waals surface area contributed by atoms with Crippen LogP contribution in [0.5, 0.6) is 0 Å². The van der Waals surface area contributed by atoms with Crippen molar-refractivity contribution in [3.63, 3.8) is 0 Å². The summed E-state index contributed by atoms with van der Waals surface area (Å²) in [5.74, 6) is -0.631. The van der Waals surface area contributed by atoms with Crippen LogP contribution in [0.15, 0.2) is 81.7 Å². The van der Waals surface area contributed by atoms with Gasteiger partial charge in [-0.15, -0.1) is 22.7 Å². The molecule has 0 saturated carbocycles. The number of hydrogen-bond donors (Lipinski definition) is 1. The second-order valence-electron chi connectivity index (χ2n) is 6.17. The second kappa shape index (κ2) is 8.78.